The molecule has 0 unspecified atom stereocenters. The number of rotatable bonds is 3. The fourth-order valence-electron chi connectivity index (χ4n) is 1.05. The largest absolute Gasteiger partial charge is 0.455 e. The maximum absolute atomic E-state index is 11.6. The van der Waals surface area contributed by atoms with E-state index in [1.54, 1.807) is 20.8 Å². The van der Waals surface area contributed by atoms with Gasteiger partial charge in [-0.05, 0) is 27.3 Å². The van der Waals surface area contributed by atoms with E-state index in [0.717, 1.165) is 0 Å². The van der Waals surface area contributed by atoms with Crippen LogP contribution in [0.1, 0.15) is 37.0 Å². The van der Waals surface area contributed by atoms with Crippen LogP contribution in [0.25, 0.3) is 0 Å². The topological polar surface area (TPSA) is 93.9 Å². The van der Waals surface area contributed by atoms with Crippen molar-refractivity contribution >= 4 is 5.97 Å². The fraction of sp³-hybridized carbons (Fsp3) is 0.667. The molecule has 1 aromatic rings. The van der Waals surface area contributed by atoms with E-state index in [1.165, 1.54) is 0 Å². The highest BCUT2D eigenvalue weighted by Crippen LogP contribution is 2.12. The number of hydrogen-bond donors (Lipinski definition) is 2. The maximum atomic E-state index is 11.6. The zero-order valence-corrected chi connectivity index (χ0v) is 9.20. The molecule has 3 N–H and O–H groups in total. The summed E-state index contributed by atoms with van der Waals surface area (Å²) in [5.74, 6) is -0.472. The van der Waals surface area contributed by atoms with Gasteiger partial charge in [-0.15, -0.1) is 5.10 Å². The van der Waals surface area contributed by atoms with E-state index in [4.69, 9.17) is 10.5 Å². The Bertz CT molecular complexity index is 340. The number of carbonyl (C=O) groups is 1. The lowest BCUT2D eigenvalue weighted by Crippen LogP contribution is -2.25. The summed E-state index contributed by atoms with van der Waals surface area (Å²) in [6, 6.07) is 0. The molecule has 6 heteroatoms. The molecule has 1 aromatic heterocycles. The number of aromatic amines is 1. The molecule has 0 saturated carbocycles. The van der Waals surface area contributed by atoms with Crippen molar-refractivity contribution in [3.05, 3.63) is 11.4 Å². The molecule has 0 aliphatic carbocycles. The molecule has 6 nitrogen and oxygen atoms in total. The van der Waals surface area contributed by atoms with Crippen LogP contribution in [0, 0.1) is 0 Å². The van der Waals surface area contributed by atoms with E-state index in [9.17, 15) is 4.79 Å². The van der Waals surface area contributed by atoms with Gasteiger partial charge in [0, 0.05) is 6.42 Å². The number of nitrogens with zero attached hydrogens (tertiary/aromatic N) is 2. The molecule has 0 aliphatic rings. The first-order valence-electron chi connectivity index (χ1n) is 4.77. The van der Waals surface area contributed by atoms with Crippen molar-refractivity contribution in [1.29, 1.82) is 0 Å². The molecule has 15 heavy (non-hydrogen) atoms. The summed E-state index contributed by atoms with van der Waals surface area (Å²) in [5, 5.41) is 9.99. The second-order valence-corrected chi connectivity index (χ2v) is 4.16. The summed E-state index contributed by atoms with van der Waals surface area (Å²) in [5.41, 5.74) is 5.62. The Morgan fingerprint density at radius 2 is 2.13 bits per heavy atom. The monoisotopic (exact) mass is 212 g/mol. The molecule has 0 spiro atoms. The van der Waals surface area contributed by atoms with Crippen LogP contribution < -0.4 is 5.73 Å². The van der Waals surface area contributed by atoms with Crippen molar-refractivity contribution < 1.29 is 9.53 Å². The van der Waals surface area contributed by atoms with E-state index in [1.807, 2.05) is 0 Å². The van der Waals surface area contributed by atoms with Crippen LogP contribution in [0.4, 0.5) is 0 Å². The molecule has 0 radical (unpaired) electrons. The summed E-state index contributed by atoms with van der Waals surface area (Å²) in [4.78, 5) is 11.6. The highest BCUT2D eigenvalue weighted by atomic mass is 16.6. The second-order valence-electron chi connectivity index (χ2n) is 4.16. The normalized spacial score (nSPS) is 11.5. The van der Waals surface area contributed by atoms with Crippen molar-refractivity contribution in [3.63, 3.8) is 0 Å². The number of esters is 1. The summed E-state index contributed by atoms with van der Waals surface area (Å²) >= 11 is 0. The predicted molar refractivity (Wildman–Crippen MR) is 54.3 cm³/mol. The van der Waals surface area contributed by atoms with Crippen molar-refractivity contribution in [2.45, 2.75) is 32.8 Å². The minimum atomic E-state index is -0.532. The molecule has 0 aliphatic heterocycles. The predicted octanol–water partition coefficient (Wildman–Crippen LogP) is 0.261. The minimum Gasteiger partial charge on any atom is -0.455 e. The zero-order chi connectivity index (χ0) is 11.5. The third-order valence-corrected chi connectivity index (χ3v) is 1.59. The molecule has 0 amide bonds. The van der Waals surface area contributed by atoms with Gasteiger partial charge in [0.1, 0.15) is 5.60 Å². The SMILES string of the molecule is CC(C)(C)OC(=O)c1n[nH]nc1CCN. The molecular weight excluding hydrogens is 196 g/mol. The average molecular weight is 212 g/mol. The first-order chi connectivity index (χ1) is 6.94. The van der Waals surface area contributed by atoms with Crippen molar-refractivity contribution in [3.8, 4) is 0 Å². The summed E-state index contributed by atoms with van der Waals surface area (Å²) in [7, 11) is 0. The number of hydrogen-bond acceptors (Lipinski definition) is 5. The van der Waals surface area contributed by atoms with Crippen LogP contribution in [0.15, 0.2) is 0 Å². The van der Waals surface area contributed by atoms with Gasteiger partial charge in [0.2, 0.25) is 0 Å². The lowest BCUT2D eigenvalue weighted by Gasteiger charge is -2.18. The molecule has 1 rings (SSSR count). The lowest BCUT2D eigenvalue weighted by atomic mass is 10.2. The molecule has 0 fully saturated rings. The Hall–Kier alpha value is -1.43. The van der Waals surface area contributed by atoms with Crippen molar-refractivity contribution in [1.82, 2.24) is 15.4 Å². The van der Waals surface area contributed by atoms with Gasteiger partial charge >= 0.3 is 5.97 Å². The Morgan fingerprint density at radius 3 is 2.67 bits per heavy atom. The quantitative estimate of drug-likeness (QED) is 0.701. The van der Waals surface area contributed by atoms with Gasteiger partial charge < -0.3 is 10.5 Å². The Labute approximate surface area is 88.2 Å². The second kappa shape index (κ2) is 4.39. The first-order valence-corrected chi connectivity index (χ1v) is 4.77. The van der Waals surface area contributed by atoms with Gasteiger partial charge in [-0.3, -0.25) is 0 Å². The van der Waals surface area contributed by atoms with E-state index in [-0.39, 0.29) is 5.69 Å². The van der Waals surface area contributed by atoms with Crippen LogP contribution in [0.2, 0.25) is 0 Å². The molecule has 0 atom stereocenters. The Kier molecular flexibility index (Phi) is 3.41. The number of aromatic nitrogens is 3. The van der Waals surface area contributed by atoms with Gasteiger partial charge in [-0.25, -0.2) is 4.79 Å². The van der Waals surface area contributed by atoms with Crippen LogP contribution in [-0.2, 0) is 11.2 Å². The molecule has 1 heterocycles. The standard InChI is InChI=1S/C9H16N4O2/c1-9(2,3)15-8(14)7-6(4-5-10)11-13-12-7/h4-5,10H2,1-3H3,(H,11,12,13). The first kappa shape index (κ1) is 11.6. The van der Waals surface area contributed by atoms with Crippen molar-refractivity contribution in [2.75, 3.05) is 6.54 Å². The number of ether oxygens (including phenoxy) is 1. The lowest BCUT2D eigenvalue weighted by molar-refractivity contribution is 0.00616. The third kappa shape index (κ3) is 3.32. The molecular formula is C9H16N4O2. The average Bonchev–Trinajstić information content (AvgIpc) is 2.49. The Balaban J connectivity index is 2.77. The molecule has 0 saturated heterocycles. The van der Waals surface area contributed by atoms with Crippen LogP contribution >= 0.6 is 0 Å². The minimum absolute atomic E-state index is 0.218. The van der Waals surface area contributed by atoms with Gasteiger partial charge in [-0.2, -0.15) is 10.3 Å². The summed E-state index contributed by atoms with van der Waals surface area (Å²) in [6.07, 6.45) is 0.505. The van der Waals surface area contributed by atoms with Gasteiger partial charge in [0.05, 0.1) is 5.69 Å². The van der Waals surface area contributed by atoms with E-state index < -0.39 is 11.6 Å². The fourth-order valence-corrected chi connectivity index (χ4v) is 1.05. The van der Waals surface area contributed by atoms with Gasteiger partial charge in [-0.1, -0.05) is 0 Å². The molecule has 84 valence electrons. The van der Waals surface area contributed by atoms with E-state index >= 15 is 0 Å². The highest BCUT2D eigenvalue weighted by Gasteiger charge is 2.22. The van der Waals surface area contributed by atoms with Crippen LogP contribution in [0.5, 0.6) is 0 Å². The van der Waals surface area contributed by atoms with Crippen LogP contribution in [-0.4, -0.2) is 33.5 Å². The summed E-state index contributed by atoms with van der Waals surface area (Å²) in [6.45, 7) is 5.82. The summed E-state index contributed by atoms with van der Waals surface area (Å²) < 4.78 is 5.17. The Morgan fingerprint density at radius 1 is 1.47 bits per heavy atom. The molecule has 0 aromatic carbocycles. The maximum Gasteiger partial charge on any atom is 0.361 e. The van der Waals surface area contributed by atoms with E-state index in [0.29, 0.717) is 18.7 Å². The van der Waals surface area contributed by atoms with Crippen molar-refractivity contribution in [2.24, 2.45) is 5.73 Å². The van der Waals surface area contributed by atoms with Gasteiger partial charge in [0.15, 0.2) is 5.69 Å². The number of nitrogens with one attached hydrogen (secondary N) is 1. The smallest absolute Gasteiger partial charge is 0.361 e. The number of nitrogens with two attached hydrogens (primary N) is 1. The molecule has 0 bridgehead atoms. The number of carbonyl (C=O) groups excluding carboxylic acids is 1. The van der Waals surface area contributed by atoms with Gasteiger partial charge in [0.25, 0.3) is 0 Å². The van der Waals surface area contributed by atoms with Crippen LogP contribution in [0.3, 0.4) is 0 Å². The highest BCUT2D eigenvalue weighted by molar-refractivity contribution is 5.88. The van der Waals surface area contributed by atoms with E-state index in [2.05, 4.69) is 15.4 Å². The zero-order valence-electron chi connectivity index (χ0n) is 9.20. The third-order valence-electron chi connectivity index (χ3n) is 1.59. The number of H-pyrrole nitrogens is 1.